The minimum absolute atomic E-state index is 0.0289. The first-order chi connectivity index (χ1) is 12.0. The molecule has 3 rings (SSSR count). The number of benzene rings is 1. The van der Waals surface area contributed by atoms with Crippen molar-refractivity contribution in [2.24, 2.45) is 7.05 Å². The Balaban J connectivity index is 1.70. The van der Waals surface area contributed by atoms with Crippen LogP contribution in [0.1, 0.15) is 42.9 Å². The molecule has 1 aromatic carbocycles. The Morgan fingerprint density at radius 1 is 1.40 bits per heavy atom. The number of carbonyl (C=O) groups is 2. The third kappa shape index (κ3) is 4.07. The van der Waals surface area contributed by atoms with E-state index in [0.29, 0.717) is 17.9 Å². The minimum Gasteiger partial charge on any atom is -0.481 e. The van der Waals surface area contributed by atoms with Crippen LogP contribution in [-0.2, 0) is 18.4 Å². The summed E-state index contributed by atoms with van der Waals surface area (Å²) in [4.78, 5) is 30.5. The van der Waals surface area contributed by atoms with Crippen molar-refractivity contribution in [1.29, 1.82) is 0 Å². The second-order valence-corrected chi connectivity index (χ2v) is 6.50. The van der Waals surface area contributed by atoms with Crippen LogP contribution in [0.15, 0.2) is 36.7 Å². The van der Waals surface area contributed by atoms with Crippen LogP contribution in [0.3, 0.4) is 0 Å². The van der Waals surface area contributed by atoms with Gasteiger partial charge < -0.3 is 14.2 Å². The molecule has 2 aromatic rings. The Labute approximate surface area is 147 Å². The van der Waals surface area contributed by atoms with Crippen molar-refractivity contribution in [2.75, 3.05) is 0 Å². The summed E-state index contributed by atoms with van der Waals surface area (Å²) in [6.45, 7) is 3.74. The predicted octanol–water partition coefficient (Wildman–Crippen LogP) is 2.58. The lowest BCUT2D eigenvalue weighted by Crippen LogP contribution is -2.41. The van der Waals surface area contributed by atoms with Gasteiger partial charge in [-0.25, -0.2) is 4.98 Å². The van der Waals surface area contributed by atoms with E-state index in [4.69, 9.17) is 4.74 Å². The molecule has 132 valence electrons. The van der Waals surface area contributed by atoms with Crippen molar-refractivity contribution >= 4 is 11.7 Å². The van der Waals surface area contributed by atoms with Crippen molar-refractivity contribution in [3.8, 4) is 5.75 Å². The van der Waals surface area contributed by atoms with Crippen LogP contribution in [0.2, 0.25) is 0 Å². The number of Topliss-reactive ketones (excluding diaryl/α,β-unsaturated/α-hetero) is 1. The van der Waals surface area contributed by atoms with Gasteiger partial charge in [-0.15, -0.1) is 0 Å². The van der Waals surface area contributed by atoms with Crippen molar-refractivity contribution < 1.29 is 14.3 Å². The number of carbonyl (C=O) groups excluding carboxylic acids is 2. The highest BCUT2D eigenvalue weighted by atomic mass is 16.5. The summed E-state index contributed by atoms with van der Waals surface area (Å²) in [5.41, 5.74) is 0.573. The van der Waals surface area contributed by atoms with Gasteiger partial charge in [0.15, 0.2) is 11.9 Å². The lowest BCUT2D eigenvalue weighted by atomic mass is 10.1. The molecule has 0 saturated heterocycles. The molecule has 1 atom stereocenters. The van der Waals surface area contributed by atoms with E-state index in [-0.39, 0.29) is 17.7 Å². The number of amides is 1. The molecule has 6 nitrogen and oxygen atoms in total. The maximum atomic E-state index is 12.9. The number of ketones is 1. The third-order valence-corrected chi connectivity index (χ3v) is 4.40. The number of hydrogen-bond acceptors (Lipinski definition) is 4. The molecule has 1 amide bonds. The van der Waals surface area contributed by atoms with Crippen LogP contribution in [0.25, 0.3) is 0 Å². The molecule has 1 aliphatic rings. The predicted molar refractivity (Wildman–Crippen MR) is 93.3 cm³/mol. The first-order valence-electron chi connectivity index (χ1n) is 8.50. The maximum Gasteiger partial charge on any atom is 0.264 e. The maximum absolute atomic E-state index is 12.9. The van der Waals surface area contributed by atoms with E-state index in [2.05, 4.69) is 4.98 Å². The van der Waals surface area contributed by atoms with Crippen molar-refractivity contribution in [3.63, 3.8) is 0 Å². The Morgan fingerprint density at radius 3 is 2.76 bits per heavy atom. The monoisotopic (exact) mass is 341 g/mol. The molecule has 1 saturated carbocycles. The van der Waals surface area contributed by atoms with Crippen LogP contribution in [0, 0.1) is 0 Å². The molecule has 6 heteroatoms. The van der Waals surface area contributed by atoms with E-state index in [1.807, 2.05) is 22.7 Å². The summed E-state index contributed by atoms with van der Waals surface area (Å²) in [6, 6.07) is 7.19. The molecular weight excluding hydrogens is 318 g/mol. The fraction of sp³-hybridized carbons (Fsp3) is 0.421. The zero-order chi connectivity index (χ0) is 18.0. The van der Waals surface area contributed by atoms with Gasteiger partial charge in [0.25, 0.3) is 5.91 Å². The smallest absolute Gasteiger partial charge is 0.264 e. The van der Waals surface area contributed by atoms with Crippen molar-refractivity contribution in [2.45, 2.75) is 45.4 Å². The second kappa shape index (κ2) is 7.09. The first-order valence-corrected chi connectivity index (χ1v) is 8.50. The number of hydrogen-bond donors (Lipinski definition) is 0. The summed E-state index contributed by atoms with van der Waals surface area (Å²) in [7, 11) is 1.92. The molecule has 1 aromatic heterocycles. The van der Waals surface area contributed by atoms with Crippen LogP contribution < -0.4 is 4.74 Å². The SMILES string of the molecule is CC(=O)c1cccc(O[C@H](C)C(=O)N(Cc2nccn2C)C2CC2)c1. The normalized spacial score (nSPS) is 14.8. The molecule has 0 unspecified atom stereocenters. The second-order valence-electron chi connectivity index (χ2n) is 6.50. The van der Waals surface area contributed by atoms with Gasteiger partial charge in [-0.05, 0) is 38.8 Å². The molecule has 0 radical (unpaired) electrons. The molecule has 0 N–H and O–H groups in total. The van der Waals surface area contributed by atoms with Crippen LogP contribution in [-0.4, -0.2) is 38.3 Å². The van der Waals surface area contributed by atoms with E-state index in [9.17, 15) is 9.59 Å². The van der Waals surface area contributed by atoms with Gasteiger partial charge in [-0.1, -0.05) is 12.1 Å². The average molecular weight is 341 g/mol. The highest BCUT2D eigenvalue weighted by Gasteiger charge is 2.36. The Morgan fingerprint density at radius 2 is 2.16 bits per heavy atom. The summed E-state index contributed by atoms with van der Waals surface area (Å²) in [6.07, 6.45) is 5.02. The van der Waals surface area contributed by atoms with Gasteiger partial charge in [0.2, 0.25) is 0 Å². The Bertz CT molecular complexity index is 780. The van der Waals surface area contributed by atoms with Gasteiger partial charge in [-0.3, -0.25) is 9.59 Å². The Kier molecular flexibility index (Phi) is 4.88. The molecule has 25 heavy (non-hydrogen) atoms. The molecule has 0 aliphatic heterocycles. The fourth-order valence-electron chi connectivity index (χ4n) is 2.75. The van der Waals surface area contributed by atoms with Gasteiger partial charge >= 0.3 is 0 Å². The largest absolute Gasteiger partial charge is 0.481 e. The zero-order valence-electron chi connectivity index (χ0n) is 14.8. The fourth-order valence-corrected chi connectivity index (χ4v) is 2.75. The molecule has 1 fully saturated rings. The minimum atomic E-state index is -0.622. The van der Waals surface area contributed by atoms with Crippen LogP contribution in [0.5, 0.6) is 5.75 Å². The standard InChI is InChI=1S/C19H23N3O3/c1-13(23)15-5-4-6-17(11-15)25-14(2)19(24)22(16-7-8-16)12-18-20-9-10-21(18)3/h4-6,9-11,14,16H,7-8,12H2,1-3H3/t14-/m1/s1. The highest BCUT2D eigenvalue weighted by Crippen LogP contribution is 2.29. The first kappa shape index (κ1) is 17.2. The summed E-state index contributed by atoms with van der Waals surface area (Å²) < 4.78 is 7.73. The number of aryl methyl sites for hydroxylation is 1. The van der Waals surface area contributed by atoms with E-state index in [1.54, 1.807) is 37.4 Å². The molecule has 0 bridgehead atoms. The molecular formula is C19H23N3O3. The summed E-state index contributed by atoms with van der Waals surface area (Å²) in [5, 5.41) is 0. The van der Waals surface area contributed by atoms with E-state index >= 15 is 0 Å². The van der Waals surface area contributed by atoms with E-state index in [1.165, 1.54) is 6.92 Å². The van der Waals surface area contributed by atoms with Crippen molar-refractivity contribution in [3.05, 3.63) is 48.0 Å². The number of ether oxygens (including phenoxy) is 1. The van der Waals surface area contributed by atoms with Crippen LogP contribution >= 0.6 is 0 Å². The number of aromatic nitrogens is 2. The molecule has 0 spiro atoms. The number of rotatable bonds is 7. The number of nitrogens with zero attached hydrogens (tertiary/aromatic N) is 3. The quantitative estimate of drug-likeness (QED) is 0.726. The molecule has 1 heterocycles. The lowest BCUT2D eigenvalue weighted by Gasteiger charge is -2.26. The van der Waals surface area contributed by atoms with Gasteiger partial charge in [0.05, 0.1) is 6.54 Å². The lowest BCUT2D eigenvalue weighted by molar-refractivity contribution is -0.139. The van der Waals surface area contributed by atoms with Gasteiger partial charge in [0.1, 0.15) is 11.6 Å². The van der Waals surface area contributed by atoms with Crippen LogP contribution in [0.4, 0.5) is 0 Å². The van der Waals surface area contributed by atoms with E-state index < -0.39 is 6.10 Å². The topological polar surface area (TPSA) is 64.4 Å². The zero-order valence-corrected chi connectivity index (χ0v) is 14.8. The van der Waals surface area contributed by atoms with Gasteiger partial charge in [-0.2, -0.15) is 0 Å². The number of imidazole rings is 1. The van der Waals surface area contributed by atoms with E-state index in [0.717, 1.165) is 18.7 Å². The highest BCUT2D eigenvalue weighted by molar-refractivity contribution is 5.94. The van der Waals surface area contributed by atoms with Crippen molar-refractivity contribution in [1.82, 2.24) is 14.5 Å². The molecule has 1 aliphatic carbocycles. The van der Waals surface area contributed by atoms with Gasteiger partial charge in [0, 0.05) is 31.0 Å². The average Bonchev–Trinajstić information content (AvgIpc) is 3.35. The third-order valence-electron chi connectivity index (χ3n) is 4.40. The summed E-state index contributed by atoms with van der Waals surface area (Å²) >= 11 is 0. The Hall–Kier alpha value is -2.63. The summed E-state index contributed by atoms with van der Waals surface area (Å²) in [5.74, 6) is 1.30.